The summed E-state index contributed by atoms with van der Waals surface area (Å²) in [6.07, 6.45) is 1.62. The Morgan fingerprint density at radius 3 is 2.23 bits per heavy atom. The van der Waals surface area contributed by atoms with Gasteiger partial charge in [-0.05, 0) is 56.2 Å². The molecule has 0 spiro atoms. The van der Waals surface area contributed by atoms with Crippen LogP contribution in [0, 0.1) is 16.6 Å². The first-order valence-electron chi connectivity index (χ1n) is 8.61. The third-order valence-electron chi connectivity index (χ3n) is 4.44. The summed E-state index contributed by atoms with van der Waals surface area (Å²) in [5, 5.41) is 16.4. The molecule has 1 aliphatic heterocycles. The normalized spacial score (nSPS) is 16.9. The summed E-state index contributed by atoms with van der Waals surface area (Å²) in [7, 11) is 0. The van der Waals surface area contributed by atoms with Gasteiger partial charge < -0.3 is 15.4 Å². The second-order valence-electron chi connectivity index (χ2n) is 6.46. The highest BCUT2D eigenvalue weighted by molar-refractivity contribution is 6.09. The number of hydrogen-bond donors (Lipinski definition) is 3. The first kappa shape index (κ1) is 19.6. The van der Waals surface area contributed by atoms with Gasteiger partial charge in [-0.3, -0.25) is 10.8 Å². The second-order valence-corrected chi connectivity index (χ2v) is 6.46. The number of halogens is 1. The minimum absolute atomic E-state index is 0.0534. The van der Waals surface area contributed by atoms with Crippen molar-refractivity contribution in [2.24, 2.45) is 10.7 Å². The van der Waals surface area contributed by atoms with E-state index in [-0.39, 0.29) is 17.8 Å². The van der Waals surface area contributed by atoms with E-state index >= 15 is 0 Å². The zero-order valence-electron chi connectivity index (χ0n) is 15.5. The molecule has 1 aromatic carbocycles. The summed E-state index contributed by atoms with van der Waals surface area (Å²) < 4.78 is 18.8. The first-order valence-corrected chi connectivity index (χ1v) is 8.61. The molecule has 0 bridgehead atoms. The Kier molecular flexibility index (Phi) is 6.49. The van der Waals surface area contributed by atoms with E-state index in [1.807, 2.05) is 11.8 Å². The molecule has 0 amide bonds. The minimum Gasteiger partial charge on any atom is -0.490 e. The summed E-state index contributed by atoms with van der Waals surface area (Å²) in [6, 6.07) is 6.03. The molecule has 1 heterocycles. The van der Waals surface area contributed by atoms with Crippen LogP contribution in [0.5, 0.6) is 5.75 Å². The van der Waals surface area contributed by atoms with E-state index in [1.54, 1.807) is 26.0 Å². The molecule has 1 aliphatic rings. The summed E-state index contributed by atoms with van der Waals surface area (Å²) in [6.45, 7) is 6.63. The van der Waals surface area contributed by atoms with Gasteiger partial charge in [0.15, 0.2) is 0 Å². The molecule has 140 valence electrons. The average Bonchev–Trinajstić information content (AvgIpc) is 2.62. The fourth-order valence-electron chi connectivity index (χ4n) is 2.76. The summed E-state index contributed by atoms with van der Waals surface area (Å²) >= 11 is 0. The number of nitrogens with one attached hydrogen (secondary N) is 2. The largest absolute Gasteiger partial charge is 0.490 e. The van der Waals surface area contributed by atoms with Crippen LogP contribution in [0.15, 0.2) is 40.4 Å². The maximum absolute atomic E-state index is 13.0. The lowest BCUT2D eigenvalue weighted by Gasteiger charge is -2.34. The lowest BCUT2D eigenvalue weighted by Crippen LogP contribution is -2.42. The van der Waals surface area contributed by atoms with Crippen LogP contribution in [0.25, 0.3) is 0 Å². The molecule has 1 saturated heterocycles. The molecule has 0 aliphatic carbocycles. The minimum atomic E-state index is -0.280. The van der Waals surface area contributed by atoms with Crippen molar-refractivity contribution in [3.63, 3.8) is 0 Å². The smallest absolute Gasteiger partial charge is 0.149 e. The number of likely N-dealkylation sites (tertiary alicyclic amines) is 1. The number of hydrogen-bond acceptors (Lipinski definition) is 3. The van der Waals surface area contributed by atoms with Crippen molar-refractivity contribution >= 4 is 17.5 Å². The topological polar surface area (TPSA) is 98.5 Å². The molecule has 0 radical (unpaired) electrons. The maximum Gasteiger partial charge on any atom is 0.149 e. The Bertz CT molecular complexity index is 727. The van der Waals surface area contributed by atoms with Crippen LogP contribution in [0.1, 0.15) is 33.6 Å². The highest BCUT2D eigenvalue weighted by atomic mass is 19.1. The number of ether oxygens (including phenoxy) is 1. The van der Waals surface area contributed by atoms with Gasteiger partial charge in [0.1, 0.15) is 29.3 Å². The van der Waals surface area contributed by atoms with Crippen molar-refractivity contribution in [2.45, 2.75) is 39.7 Å². The van der Waals surface area contributed by atoms with Gasteiger partial charge >= 0.3 is 0 Å². The second kappa shape index (κ2) is 8.60. The van der Waals surface area contributed by atoms with Crippen LogP contribution in [0.2, 0.25) is 0 Å². The van der Waals surface area contributed by atoms with Crippen molar-refractivity contribution < 1.29 is 9.13 Å². The third-order valence-corrected chi connectivity index (χ3v) is 4.44. The average molecular weight is 359 g/mol. The van der Waals surface area contributed by atoms with E-state index in [4.69, 9.17) is 21.3 Å². The standard InChI is InChI=1S/C19H26FN5O/c1-12(18(22)24-14(3)21)13(2)19(23)25-10-8-17(9-11-25)26-16-6-4-15(20)5-7-16/h4-7,17,23H,8-11H2,1-3H3,(H3,21,22,24)/b13-12-,23-19?. The van der Waals surface area contributed by atoms with Crippen molar-refractivity contribution in [2.75, 3.05) is 13.1 Å². The van der Waals surface area contributed by atoms with Crippen molar-refractivity contribution in [1.82, 2.24) is 4.90 Å². The number of amidine groups is 3. The SMILES string of the molecule is CC(N)=NC(=N)/C(C)=C(/C)C(=N)N1CCC(Oc2ccc(F)cc2)CC1. The zero-order valence-corrected chi connectivity index (χ0v) is 15.5. The highest BCUT2D eigenvalue weighted by Gasteiger charge is 2.23. The molecule has 26 heavy (non-hydrogen) atoms. The zero-order chi connectivity index (χ0) is 19.3. The van der Waals surface area contributed by atoms with Crippen molar-refractivity contribution in [1.29, 1.82) is 10.8 Å². The van der Waals surface area contributed by atoms with E-state index in [9.17, 15) is 4.39 Å². The number of piperidine rings is 1. The Labute approximate surface area is 153 Å². The fourth-order valence-corrected chi connectivity index (χ4v) is 2.76. The molecule has 4 N–H and O–H groups in total. The van der Waals surface area contributed by atoms with Crippen molar-refractivity contribution in [3.8, 4) is 5.75 Å². The number of benzene rings is 1. The Hall–Kier alpha value is -2.70. The molecular weight excluding hydrogens is 333 g/mol. The molecule has 0 unspecified atom stereocenters. The maximum atomic E-state index is 13.0. The fraction of sp³-hybridized carbons (Fsp3) is 0.421. The number of nitrogens with two attached hydrogens (primary N) is 1. The number of rotatable bonds is 4. The van der Waals surface area contributed by atoms with Gasteiger partial charge in [0.05, 0.1) is 5.84 Å². The molecular formula is C19H26FN5O. The monoisotopic (exact) mass is 359 g/mol. The third kappa shape index (κ3) is 5.15. The quantitative estimate of drug-likeness (QED) is 0.568. The van der Waals surface area contributed by atoms with Crippen LogP contribution in [0.3, 0.4) is 0 Å². The molecule has 6 nitrogen and oxygen atoms in total. The summed E-state index contributed by atoms with van der Waals surface area (Å²) in [4.78, 5) is 5.93. The van der Waals surface area contributed by atoms with Crippen LogP contribution >= 0.6 is 0 Å². The Morgan fingerprint density at radius 2 is 1.69 bits per heavy atom. The lowest BCUT2D eigenvalue weighted by atomic mass is 10.0. The van der Waals surface area contributed by atoms with Gasteiger partial charge in [0.25, 0.3) is 0 Å². The first-order chi connectivity index (χ1) is 12.3. The molecule has 0 saturated carbocycles. The Balaban J connectivity index is 1.94. The predicted molar refractivity (Wildman–Crippen MR) is 103 cm³/mol. The van der Waals surface area contributed by atoms with E-state index in [2.05, 4.69) is 4.99 Å². The predicted octanol–water partition coefficient (Wildman–Crippen LogP) is 3.34. The number of aliphatic imine (C=N–C) groups is 1. The summed E-state index contributed by atoms with van der Waals surface area (Å²) in [5.41, 5.74) is 6.89. The van der Waals surface area contributed by atoms with Gasteiger partial charge in [-0.2, -0.15) is 0 Å². The molecule has 1 aromatic rings. The molecule has 0 atom stereocenters. The van der Waals surface area contributed by atoms with Crippen molar-refractivity contribution in [3.05, 3.63) is 41.2 Å². The van der Waals surface area contributed by atoms with Crippen LogP contribution in [0.4, 0.5) is 4.39 Å². The van der Waals surface area contributed by atoms with Gasteiger partial charge in [-0.15, -0.1) is 0 Å². The van der Waals surface area contributed by atoms with E-state index < -0.39 is 0 Å². The molecule has 1 fully saturated rings. The van der Waals surface area contributed by atoms with Gasteiger partial charge in [0, 0.05) is 25.9 Å². The van der Waals surface area contributed by atoms with Crippen LogP contribution in [-0.4, -0.2) is 41.6 Å². The molecule has 2 rings (SSSR count). The van der Waals surface area contributed by atoms with Crippen LogP contribution in [-0.2, 0) is 0 Å². The van der Waals surface area contributed by atoms with Gasteiger partial charge in [0.2, 0.25) is 0 Å². The Morgan fingerprint density at radius 1 is 1.12 bits per heavy atom. The molecule has 0 aromatic heterocycles. The van der Waals surface area contributed by atoms with Gasteiger partial charge in [-0.1, -0.05) is 0 Å². The van der Waals surface area contributed by atoms with E-state index in [0.717, 1.165) is 18.4 Å². The van der Waals surface area contributed by atoms with Gasteiger partial charge in [-0.25, -0.2) is 9.38 Å². The lowest BCUT2D eigenvalue weighted by molar-refractivity contribution is 0.131. The van der Waals surface area contributed by atoms with E-state index in [1.165, 1.54) is 12.1 Å². The van der Waals surface area contributed by atoms with Crippen LogP contribution < -0.4 is 10.5 Å². The number of nitrogens with zero attached hydrogens (tertiary/aromatic N) is 2. The van der Waals surface area contributed by atoms with E-state index in [0.29, 0.717) is 36.1 Å². The summed E-state index contributed by atoms with van der Waals surface area (Å²) in [5.74, 6) is 1.19. The highest BCUT2D eigenvalue weighted by Crippen LogP contribution is 2.21. The molecule has 7 heteroatoms.